The van der Waals surface area contributed by atoms with E-state index in [1.807, 2.05) is 29.7 Å². The van der Waals surface area contributed by atoms with Gasteiger partial charge in [0.25, 0.3) is 0 Å². The highest BCUT2D eigenvalue weighted by atomic mass is 32.1. The van der Waals surface area contributed by atoms with Crippen LogP contribution in [0.3, 0.4) is 0 Å². The van der Waals surface area contributed by atoms with Crippen molar-refractivity contribution < 1.29 is 0 Å². The summed E-state index contributed by atoms with van der Waals surface area (Å²) in [5.74, 6) is 0. The number of nitrogens with zero attached hydrogens (tertiary/aromatic N) is 2. The number of thiophene rings is 1. The van der Waals surface area contributed by atoms with Gasteiger partial charge in [-0.15, -0.1) is 22.7 Å². The molecule has 0 radical (unpaired) electrons. The first-order valence-electron chi connectivity index (χ1n) is 7.25. The summed E-state index contributed by atoms with van der Waals surface area (Å²) in [7, 11) is 2.01. The van der Waals surface area contributed by atoms with Crippen molar-refractivity contribution in [1.82, 2.24) is 10.3 Å². The summed E-state index contributed by atoms with van der Waals surface area (Å²) in [5.41, 5.74) is 2.78. The summed E-state index contributed by atoms with van der Waals surface area (Å²) in [4.78, 5) is 10.3. The zero-order valence-electron chi connectivity index (χ0n) is 12.1. The lowest BCUT2D eigenvalue weighted by molar-refractivity contribution is 0.736. The van der Waals surface area contributed by atoms with E-state index >= 15 is 0 Å². The fraction of sp³-hybridized carbons (Fsp3) is 0.533. The number of hydrogen-bond acceptors (Lipinski definition) is 5. The summed E-state index contributed by atoms with van der Waals surface area (Å²) in [6, 6.07) is 2.27. The Morgan fingerprint density at radius 2 is 2.35 bits per heavy atom. The number of thiazole rings is 1. The van der Waals surface area contributed by atoms with E-state index in [0.29, 0.717) is 0 Å². The summed E-state index contributed by atoms with van der Waals surface area (Å²) < 4.78 is 0. The molecule has 0 atom stereocenters. The van der Waals surface area contributed by atoms with Gasteiger partial charge in [0, 0.05) is 29.4 Å². The van der Waals surface area contributed by atoms with Crippen LogP contribution in [0.1, 0.15) is 34.4 Å². The Kier molecular flexibility index (Phi) is 4.38. The van der Waals surface area contributed by atoms with Gasteiger partial charge in [-0.2, -0.15) is 0 Å². The molecule has 1 aliphatic heterocycles. The van der Waals surface area contributed by atoms with Crippen molar-refractivity contribution in [3.8, 4) is 0 Å². The zero-order valence-corrected chi connectivity index (χ0v) is 13.7. The molecule has 3 heterocycles. The highest BCUT2D eigenvalue weighted by Gasteiger charge is 2.21. The van der Waals surface area contributed by atoms with Gasteiger partial charge in [0.15, 0.2) is 5.13 Å². The Bertz CT molecular complexity index is 550. The van der Waals surface area contributed by atoms with Crippen LogP contribution < -0.4 is 10.2 Å². The fourth-order valence-electron chi connectivity index (χ4n) is 2.65. The Labute approximate surface area is 128 Å². The van der Waals surface area contributed by atoms with Crippen LogP contribution in [0.2, 0.25) is 0 Å². The Morgan fingerprint density at radius 1 is 1.45 bits per heavy atom. The van der Waals surface area contributed by atoms with Crippen LogP contribution in [0, 0.1) is 0 Å². The zero-order chi connectivity index (χ0) is 13.9. The van der Waals surface area contributed by atoms with E-state index in [9.17, 15) is 0 Å². The first-order valence-corrected chi connectivity index (χ1v) is 8.94. The molecular weight excluding hydrogens is 286 g/mol. The van der Waals surface area contributed by atoms with E-state index < -0.39 is 0 Å². The smallest absolute Gasteiger partial charge is 0.186 e. The molecule has 1 aliphatic rings. The van der Waals surface area contributed by atoms with Gasteiger partial charge < -0.3 is 10.2 Å². The number of aryl methyl sites for hydroxylation is 1. The van der Waals surface area contributed by atoms with Gasteiger partial charge in [-0.3, -0.25) is 0 Å². The Morgan fingerprint density at radius 3 is 3.15 bits per heavy atom. The number of nitrogens with one attached hydrogen (secondary N) is 1. The maximum absolute atomic E-state index is 4.91. The molecule has 0 unspecified atom stereocenters. The normalized spacial score (nSPS) is 14.6. The topological polar surface area (TPSA) is 28.2 Å². The van der Waals surface area contributed by atoms with Crippen LogP contribution in [-0.2, 0) is 25.9 Å². The van der Waals surface area contributed by atoms with E-state index in [1.165, 1.54) is 21.3 Å². The van der Waals surface area contributed by atoms with Crippen LogP contribution in [0.25, 0.3) is 0 Å². The van der Waals surface area contributed by atoms with Gasteiger partial charge in [0.1, 0.15) is 0 Å². The fourth-order valence-corrected chi connectivity index (χ4v) is 4.68. The van der Waals surface area contributed by atoms with Gasteiger partial charge in [-0.05, 0) is 36.9 Å². The number of rotatable bonds is 5. The molecule has 1 N–H and O–H groups in total. The molecule has 5 heteroatoms. The monoisotopic (exact) mass is 307 g/mol. The van der Waals surface area contributed by atoms with Gasteiger partial charge in [0.05, 0.1) is 5.69 Å². The highest BCUT2D eigenvalue weighted by Crippen LogP contribution is 2.32. The van der Waals surface area contributed by atoms with Crippen molar-refractivity contribution in [1.29, 1.82) is 0 Å². The van der Waals surface area contributed by atoms with Crippen molar-refractivity contribution in [2.75, 3.05) is 18.5 Å². The quantitative estimate of drug-likeness (QED) is 0.917. The first kappa shape index (κ1) is 14.0. The summed E-state index contributed by atoms with van der Waals surface area (Å²) in [6.07, 6.45) is 3.41. The third-order valence-corrected chi connectivity index (χ3v) is 5.85. The summed E-state index contributed by atoms with van der Waals surface area (Å²) >= 11 is 3.76. The molecule has 108 valence electrons. The standard InChI is InChI=1S/C15H21N3S2/c1-3-4-12-14(9-16-2)20-15(17-12)18-7-5-13-11(10-18)6-8-19-13/h6,8,16H,3-5,7,9-10H2,1-2H3. The maximum Gasteiger partial charge on any atom is 0.186 e. The molecule has 0 amide bonds. The van der Waals surface area contributed by atoms with Crippen molar-refractivity contribution >= 4 is 27.8 Å². The number of fused-ring (bicyclic) bond motifs is 1. The molecule has 0 saturated heterocycles. The summed E-state index contributed by atoms with van der Waals surface area (Å²) in [6.45, 7) is 5.29. The SMILES string of the molecule is CCCc1nc(N2CCc3sccc3C2)sc1CNC. The maximum atomic E-state index is 4.91. The molecule has 20 heavy (non-hydrogen) atoms. The first-order chi connectivity index (χ1) is 9.81. The van der Waals surface area contributed by atoms with E-state index in [4.69, 9.17) is 4.98 Å². The largest absolute Gasteiger partial charge is 0.343 e. The lowest BCUT2D eigenvalue weighted by Crippen LogP contribution is -2.29. The second-order valence-electron chi connectivity index (χ2n) is 5.19. The van der Waals surface area contributed by atoms with E-state index in [0.717, 1.165) is 38.9 Å². The van der Waals surface area contributed by atoms with Crippen molar-refractivity contribution in [3.05, 3.63) is 32.5 Å². The number of aromatic nitrogens is 1. The van der Waals surface area contributed by atoms with E-state index in [1.54, 1.807) is 4.88 Å². The average molecular weight is 307 g/mol. The highest BCUT2D eigenvalue weighted by molar-refractivity contribution is 7.15. The van der Waals surface area contributed by atoms with Crippen molar-refractivity contribution in [3.63, 3.8) is 0 Å². The minimum atomic E-state index is 0.935. The van der Waals surface area contributed by atoms with E-state index in [-0.39, 0.29) is 0 Å². The number of anilines is 1. The van der Waals surface area contributed by atoms with Crippen LogP contribution in [0.5, 0.6) is 0 Å². The van der Waals surface area contributed by atoms with Crippen molar-refractivity contribution in [2.24, 2.45) is 0 Å². The third-order valence-electron chi connectivity index (χ3n) is 3.67. The minimum absolute atomic E-state index is 0.935. The lowest BCUT2D eigenvalue weighted by atomic mass is 10.1. The second-order valence-corrected chi connectivity index (χ2v) is 7.25. The average Bonchev–Trinajstić information content (AvgIpc) is 3.06. The molecule has 0 bridgehead atoms. The van der Waals surface area contributed by atoms with Gasteiger partial charge in [-0.25, -0.2) is 4.98 Å². The predicted molar refractivity (Wildman–Crippen MR) is 87.9 cm³/mol. The Balaban J connectivity index is 1.82. The molecule has 0 saturated carbocycles. The third kappa shape index (κ3) is 2.75. The molecular formula is C15H21N3S2. The Hall–Kier alpha value is -0.910. The molecule has 2 aromatic rings. The van der Waals surface area contributed by atoms with Crippen molar-refractivity contribution in [2.45, 2.75) is 39.3 Å². The van der Waals surface area contributed by atoms with Crippen LogP contribution in [-0.4, -0.2) is 18.6 Å². The molecule has 0 aromatic carbocycles. The van der Waals surface area contributed by atoms with Gasteiger partial charge in [0.2, 0.25) is 0 Å². The van der Waals surface area contributed by atoms with Gasteiger partial charge >= 0.3 is 0 Å². The predicted octanol–water partition coefficient (Wildman–Crippen LogP) is 3.44. The molecule has 2 aromatic heterocycles. The van der Waals surface area contributed by atoms with Crippen LogP contribution in [0.15, 0.2) is 11.4 Å². The minimum Gasteiger partial charge on any atom is -0.343 e. The summed E-state index contributed by atoms with van der Waals surface area (Å²) in [5, 5.41) is 6.68. The van der Waals surface area contributed by atoms with E-state index in [2.05, 4.69) is 28.6 Å². The number of hydrogen-bond donors (Lipinski definition) is 1. The second kappa shape index (κ2) is 6.24. The molecule has 0 aliphatic carbocycles. The van der Waals surface area contributed by atoms with Crippen LogP contribution in [0.4, 0.5) is 5.13 Å². The molecule has 0 fully saturated rings. The molecule has 0 spiro atoms. The lowest BCUT2D eigenvalue weighted by Gasteiger charge is -2.26. The van der Waals surface area contributed by atoms with Gasteiger partial charge in [-0.1, -0.05) is 13.3 Å². The van der Waals surface area contributed by atoms with Crippen LogP contribution >= 0.6 is 22.7 Å². The molecule has 3 nitrogen and oxygen atoms in total. The molecule has 3 rings (SSSR count).